The molecule has 6 heteroatoms. The topological polar surface area (TPSA) is 67.4 Å². The number of carbonyl (C=O) groups is 2. The van der Waals surface area contributed by atoms with Crippen LogP contribution >= 0.6 is 0 Å². The standard InChI is InChI=1S/C12H15FN2O3/c1-18-8-11(16)14-6-7-15-12(17)9-2-4-10(13)5-3-9/h2-5H,6-8H2,1H3,(H,14,16)(H,15,17). The van der Waals surface area contributed by atoms with Gasteiger partial charge in [-0.25, -0.2) is 4.39 Å². The van der Waals surface area contributed by atoms with Gasteiger partial charge in [-0.1, -0.05) is 0 Å². The number of methoxy groups -OCH3 is 1. The van der Waals surface area contributed by atoms with Gasteiger partial charge in [0.1, 0.15) is 12.4 Å². The van der Waals surface area contributed by atoms with Gasteiger partial charge in [0.2, 0.25) is 5.91 Å². The van der Waals surface area contributed by atoms with Gasteiger partial charge >= 0.3 is 0 Å². The molecule has 2 amide bonds. The maximum atomic E-state index is 12.6. The van der Waals surface area contributed by atoms with Crippen LogP contribution in [0, 0.1) is 5.82 Å². The molecule has 0 heterocycles. The van der Waals surface area contributed by atoms with Gasteiger partial charge in [0.05, 0.1) is 0 Å². The molecule has 0 saturated heterocycles. The van der Waals surface area contributed by atoms with Crippen molar-refractivity contribution in [1.82, 2.24) is 10.6 Å². The monoisotopic (exact) mass is 254 g/mol. The molecule has 0 aliphatic rings. The van der Waals surface area contributed by atoms with Crippen molar-refractivity contribution in [1.29, 1.82) is 0 Å². The maximum absolute atomic E-state index is 12.6. The van der Waals surface area contributed by atoms with E-state index in [1.165, 1.54) is 31.4 Å². The van der Waals surface area contributed by atoms with Gasteiger partial charge in [0.25, 0.3) is 5.91 Å². The molecule has 0 saturated carbocycles. The van der Waals surface area contributed by atoms with Crippen molar-refractivity contribution in [2.45, 2.75) is 0 Å². The second-order valence-corrected chi connectivity index (χ2v) is 3.55. The lowest BCUT2D eigenvalue weighted by atomic mass is 10.2. The van der Waals surface area contributed by atoms with Gasteiger partial charge in [-0.05, 0) is 24.3 Å². The van der Waals surface area contributed by atoms with Crippen molar-refractivity contribution in [3.63, 3.8) is 0 Å². The molecule has 0 aliphatic carbocycles. The van der Waals surface area contributed by atoms with Gasteiger partial charge in [0.15, 0.2) is 0 Å². The molecule has 0 atom stereocenters. The summed E-state index contributed by atoms with van der Waals surface area (Å²) >= 11 is 0. The van der Waals surface area contributed by atoms with Gasteiger partial charge < -0.3 is 15.4 Å². The third-order valence-corrected chi connectivity index (χ3v) is 2.11. The molecule has 1 rings (SSSR count). The number of halogens is 1. The summed E-state index contributed by atoms with van der Waals surface area (Å²) < 4.78 is 17.3. The van der Waals surface area contributed by atoms with Crippen LogP contribution in [0.5, 0.6) is 0 Å². The first-order valence-electron chi connectivity index (χ1n) is 5.43. The fraction of sp³-hybridized carbons (Fsp3) is 0.333. The molecular formula is C12H15FN2O3. The Hall–Kier alpha value is -1.95. The van der Waals surface area contributed by atoms with E-state index in [1.54, 1.807) is 0 Å². The third-order valence-electron chi connectivity index (χ3n) is 2.11. The Morgan fingerprint density at radius 1 is 1.17 bits per heavy atom. The lowest BCUT2D eigenvalue weighted by Gasteiger charge is -2.06. The molecule has 98 valence electrons. The summed E-state index contributed by atoms with van der Waals surface area (Å²) in [6.45, 7) is 0.604. The Morgan fingerprint density at radius 3 is 2.39 bits per heavy atom. The molecule has 1 aromatic rings. The van der Waals surface area contributed by atoms with E-state index in [4.69, 9.17) is 0 Å². The van der Waals surface area contributed by atoms with Gasteiger partial charge in [-0.2, -0.15) is 0 Å². The summed E-state index contributed by atoms with van der Waals surface area (Å²) in [5.74, 6) is -0.942. The van der Waals surface area contributed by atoms with E-state index < -0.39 is 5.82 Å². The molecule has 0 spiro atoms. The van der Waals surface area contributed by atoms with E-state index in [9.17, 15) is 14.0 Å². The van der Waals surface area contributed by atoms with Crippen molar-refractivity contribution in [2.24, 2.45) is 0 Å². The largest absolute Gasteiger partial charge is 0.375 e. The van der Waals surface area contributed by atoms with Crippen LogP contribution in [0.1, 0.15) is 10.4 Å². The molecule has 5 nitrogen and oxygen atoms in total. The molecule has 0 fully saturated rings. The highest BCUT2D eigenvalue weighted by molar-refractivity contribution is 5.94. The molecule has 2 N–H and O–H groups in total. The SMILES string of the molecule is COCC(=O)NCCNC(=O)c1ccc(F)cc1. The van der Waals surface area contributed by atoms with E-state index in [2.05, 4.69) is 15.4 Å². The minimum Gasteiger partial charge on any atom is -0.375 e. The number of ether oxygens (including phenoxy) is 1. The van der Waals surface area contributed by atoms with Crippen LogP contribution in [-0.2, 0) is 9.53 Å². The Kier molecular flexibility index (Phi) is 5.79. The van der Waals surface area contributed by atoms with Crippen LogP contribution < -0.4 is 10.6 Å². The highest BCUT2D eigenvalue weighted by Crippen LogP contribution is 2.01. The molecule has 0 aliphatic heterocycles. The quantitative estimate of drug-likeness (QED) is 0.718. The lowest BCUT2D eigenvalue weighted by Crippen LogP contribution is -2.36. The van der Waals surface area contributed by atoms with Crippen LogP contribution in [0.15, 0.2) is 24.3 Å². The Balaban J connectivity index is 2.25. The number of carbonyl (C=O) groups excluding carboxylic acids is 2. The molecule has 18 heavy (non-hydrogen) atoms. The van der Waals surface area contributed by atoms with E-state index in [1.807, 2.05) is 0 Å². The molecule has 0 bridgehead atoms. The van der Waals surface area contributed by atoms with Crippen molar-refractivity contribution in [2.75, 3.05) is 26.8 Å². The second kappa shape index (κ2) is 7.39. The summed E-state index contributed by atoms with van der Waals surface area (Å²) in [6.07, 6.45) is 0. The number of hydrogen-bond donors (Lipinski definition) is 2. The minimum atomic E-state index is -0.390. The highest BCUT2D eigenvalue weighted by Gasteiger charge is 2.04. The Bertz CT molecular complexity index is 406. The first kappa shape index (κ1) is 14.1. The Morgan fingerprint density at radius 2 is 1.78 bits per heavy atom. The van der Waals surface area contributed by atoms with E-state index in [-0.39, 0.29) is 18.4 Å². The number of rotatable bonds is 6. The summed E-state index contributed by atoms with van der Waals surface area (Å²) in [5, 5.41) is 5.16. The number of amides is 2. The zero-order valence-electron chi connectivity index (χ0n) is 10.0. The molecule has 0 radical (unpaired) electrons. The van der Waals surface area contributed by atoms with E-state index in [0.717, 1.165) is 0 Å². The van der Waals surface area contributed by atoms with Crippen LogP contribution in [0.3, 0.4) is 0 Å². The number of benzene rings is 1. The van der Waals surface area contributed by atoms with Crippen molar-refractivity contribution in [3.05, 3.63) is 35.6 Å². The normalized spacial score (nSPS) is 9.89. The predicted molar refractivity (Wildman–Crippen MR) is 63.6 cm³/mol. The summed E-state index contributed by atoms with van der Waals surface area (Å²) in [4.78, 5) is 22.6. The minimum absolute atomic E-state index is 0.00803. The maximum Gasteiger partial charge on any atom is 0.251 e. The molecular weight excluding hydrogens is 239 g/mol. The summed E-state index contributed by atoms with van der Waals surface area (Å²) in [5.41, 5.74) is 0.375. The van der Waals surface area contributed by atoms with Crippen molar-refractivity contribution in [3.8, 4) is 0 Å². The first-order valence-corrected chi connectivity index (χ1v) is 5.43. The number of nitrogens with one attached hydrogen (secondary N) is 2. The van der Waals surface area contributed by atoms with Crippen molar-refractivity contribution < 1.29 is 18.7 Å². The predicted octanol–water partition coefficient (Wildman–Crippen LogP) is 0.318. The summed E-state index contributed by atoms with van der Waals surface area (Å²) in [7, 11) is 1.43. The first-order chi connectivity index (χ1) is 8.63. The zero-order chi connectivity index (χ0) is 13.4. The van der Waals surface area contributed by atoms with Crippen LogP contribution in [0.4, 0.5) is 4.39 Å². The van der Waals surface area contributed by atoms with E-state index >= 15 is 0 Å². The van der Waals surface area contributed by atoms with Gasteiger partial charge in [0, 0.05) is 25.8 Å². The summed E-state index contributed by atoms with van der Waals surface area (Å²) in [6, 6.07) is 5.23. The Labute approximate surface area is 104 Å². The van der Waals surface area contributed by atoms with Crippen molar-refractivity contribution >= 4 is 11.8 Å². The fourth-order valence-corrected chi connectivity index (χ4v) is 1.26. The fourth-order valence-electron chi connectivity index (χ4n) is 1.26. The van der Waals surface area contributed by atoms with Gasteiger partial charge in [-0.15, -0.1) is 0 Å². The van der Waals surface area contributed by atoms with Crippen LogP contribution in [0.25, 0.3) is 0 Å². The highest BCUT2D eigenvalue weighted by atomic mass is 19.1. The average molecular weight is 254 g/mol. The lowest BCUT2D eigenvalue weighted by molar-refractivity contribution is -0.124. The van der Waals surface area contributed by atoms with E-state index in [0.29, 0.717) is 18.7 Å². The molecule has 0 aromatic heterocycles. The van der Waals surface area contributed by atoms with Gasteiger partial charge in [-0.3, -0.25) is 9.59 Å². The van der Waals surface area contributed by atoms with Crippen LogP contribution in [0.2, 0.25) is 0 Å². The third kappa shape index (κ3) is 4.92. The number of hydrogen-bond acceptors (Lipinski definition) is 3. The second-order valence-electron chi connectivity index (χ2n) is 3.55. The van der Waals surface area contributed by atoms with Crippen LogP contribution in [-0.4, -0.2) is 38.6 Å². The molecule has 1 aromatic carbocycles. The smallest absolute Gasteiger partial charge is 0.251 e. The average Bonchev–Trinajstić information content (AvgIpc) is 2.35. The zero-order valence-corrected chi connectivity index (χ0v) is 10.0. The molecule has 0 unspecified atom stereocenters.